The van der Waals surface area contributed by atoms with E-state index in [0.717, 1.165) is 5.75 Å². The van der Waals surface area contributed by atoms with Gasteiger partial charge in [0, 0.05) is 4.90 Å². The van der Waals surface area contributed by atoms with Gasteiger partial charge in [0.05, 0.1) is 5.75 Å². The molecule has 1 aromatic rings. The van der Waals surface area contributed by atoms with Crippen LogP contribution in [0.15, 0.2) is 23.1 Å². The molecular formula is C11H12S. The van der Waals surface area contributed by atoms with E-state index in [0.29, 0.717) is 0 Å². The van der Waals surface area contributed by atoms with Crippen LogP contribution >= 0.6 is 11.8 Å². The minimum absolute atomic E-state index is 0.753. The van der Waals surface area contributed by atoms with Gasteiger partial charge in [0.15, 0.2) is 0 Å². The first-order chi connectivity index (χ1) is 5.72. The third kappa shape index (κ3) is 2.64. The van der Waals surface area contributed by atoms with Crippen molar-refractivity contribution >= 4 is 11.8 Å². The first-order valence-electron chi connectivity index (χ1n) is 3.87. The molecule has 1 aromatic carbocycles. The van der Waals surface area contributed by atoms with Gasteiger partial charge in [-0.1, -0.05) is 12.0 Å². The van der Waals surface area contributed by atoms with Gasteiger partial charge in [-0.2, -0.15) is 0 Å². The zero-order chi connectivity index (χ0) is 8.97. The lowest BCUT2D eigenvalue weighted by Gasteiger charge is -2.01. The fourth-order valence-corrected chi connectivity index (χ4v) is 1.93. The normalized spacial score (nSPS) is 9.42. The molecule has 0 amide bonds. The maximum absolute atomic E-state index is 5.18. The number of aryl methyl sites for hydroxylation is 2. The molecule has 0 N–H and O–H groups in total. The molecule has 0 unspecified atom stereocenters. The van der Waals surface area contributed by atoms with Crippen LogP contribution in [-0.2, 0) is 0 Å². The van der Waals surface area contributed by atoms with Gasteiger partial charge in [0.1, 0.15) is 0 Å². The van der Waals surface area contributed by atoms with Crippen molar-refractivity contribution < 1.29 is 0 Å². The molecule has 0 aromatic heterocycles. The van der Waals surface area contributed by atoms with Crippen molar-refractivity contribution in [1.29, 1.82) is 0 Å². The monoisotopic (exact) mass is 176 g/mol. The van der Waals surface area contributed by atoms with Crippen molar-refractivity contribution in [2.45, 2.75) is 18.7 Å². The van der Waals surface area contributed by atoms with Crippen LogP contribution < -0.4 is 0 Å². The second kappa shape index (κ2) is 4.23. The Morgan fingerprint density at radius 1 is 1.25 bits per heavy atom. The van der Waals surface area contributed by atoms with Gasteiger partial charge in [-0.3, -0.25) is 0 Å². The Balaban J connectivity index is 2.80. The van der Waals surface area contributed by atoms with Crippen LogP contribution in [-0.4, -0.2) is 5.75 Å². The Labute approximate surface area is 78.4 Å². The summed E-state index contributed by atoms with van der Waals surface area (Å²) in [5.41, 5.74) is 2.60. The smallest absolute Gasteiger partial charge is 0.0592 e. The average Bonchev–Trinajstić information content (AvgIpc) is 1.99. The van der Waals surface area contributed by atoms with Gasteiger partial charge in [-0.05, 0) is 37.1 Å². The maximum Gasteiger partial charge on any atom is 0.0592 e. The van der Waals surface area contributed by atoms with Crippen molar-refractivity contribution in [3.8, 4) is 12.3 Å². The predicted molar refractivity (Wildman–Crippen MR) is 55.5 cm³/mol. The third-order valence-corrected chi connectivity index (χ3v) is 2.40. The van der Waals surface area contributed by atoms with E-state index >= 15 is 0 Å². The molecule has 0 aliphatic rings. The third-order valence-electron chi connectivity index (χ3n) is 1.52. The summed E-state index contributed by atoms with van der Waals surface area (Å²) in [5.74, 6) is 3.37. The Kier molecular flexibility index (Phi) is 3.25. The standard InChI is InChI=1S/C11H12S/c1-4-5-12-11-7-9(2)6-10(3)8-11/h1,6-8H,5H2,2-3H3. The van der Waals surface area contributed by atoms with Crippen molar-refractivity contribution in [2.75, 3.05) is 5.75 Å². The summed E-state index contributed by atoms with van der Waals surface area (Å²) in [4.78, 5) is 1.27. The molecule has 0 aliphatic carbocycles. The van der Waals surface area contributed by atoms with E-state index in [9.17, 15) is 0 Å². The number of rotatable bonds is 2. The lowest BCUT2D eigenvalue weighted by atomic mass is 10.2. The summed E-state index contributed by atoms with van der Waals surface area (Å²) >= 11 is 1.71. The molecule has 0 saturated carbocycles. The van der Waals surface area contributed by atoms with Crippen molar-refractivity contribution in [3.63, 3.8) is 0 Å². The highest BCUT2D eigenvalue weighted by Crippen LogP contribution is 2.20. The van der Waals surface area contributed by atoms with Gasteiger partial charge in [0.25, 0.3) is 0 Å². The lowest BCUT2D eigenvalue weighted by molar-refractivity contribution is 1.30. The largest absolute Gasteiger partial charge is 0.119 e. The minimum atomic E-state index is 0.753. The number of terminal acetylenes is 1. The first kappa shape index (κ1) is 9.22. The van der Waals surface area contributed by atoms with E-state index in [1.165, 1.54) is 16.0 Å². The van der Waals surface area contributed by atoms with Crippen LogP contribution in [0.5, 0.6) is 0 Å². The van der Waals surface area contributed by atoms with E-state index < -0.39 is 0 Å². The molecule has 0 fully saturated rings. The van der Waals surface area contributed by atoms with Crippen molar-refractivity contribution in [1.82, 2.24) is 0 Å². The highest BCUT2D eigenvalue weighted by molar-refractivity contribution is 7.99. The molecule has 0 heterocycles. The Bertz CT molecular complexity index is 287. The van der Waals surface area contributed by atoms with Gasteiger partial charge < -0.3 is 0 Å². The van der Waals surface area contributed by atoms with Gasteiger partial charge >= 0.3 is 0 Å². The number of benzene rings is 1. The zero-order valence-electron chi connectivity index (χ0n) is 7.42. The van der Waals surface area contributed by atoms with Crippen molar-refractivity contribution in [3.05, 3.63) is 29.3 Å². The van der Waals surface area contributed by atoms with Gasteiger partial charge in [0.2, 0.25) is 0 Å². The summed E-state index contributed by atoms with van der Waals surface area (Å²) in [6.07, 6.45) is 5.18. The summed E-state index contributed by atoms with van der Waals surface area (Å²) in [7, 11) is 0. The molecule has 0 atom stereocenters. The average molecular weight is 176 g/mol. The van der Waals surface area contributed by atoms with Crippen LogP contribution in [0.25, 0.3) is 0 Å². The molecule has 12 heavy (non-hydrogen) atoms. The Morgan fingerprint density at radius 3 is 2.33 bits per heavy atom. The minimum Gasteiger partial charge on any atom is -0.119 e. The SMILES string of the molecule is C#CCSc1cc(C)cc(C)c1. The van der Waals surface area contributed by atoms with Gasteiger partial charge in [-0.15, -0.1) is 18.2 Å². The van der Waals surface area contributed by atoms with Crippen LogP contribution in [0.3, 0.4) is 0 Å². The van der Waals surface area contributed by atoms with E-state index in [4.69, 9.17) is 6.42 Å². The number of hydrogen-bond acceptors (Lipinski definition) is 1. The molecular weight excluding hydrogens is 164 g/mol. The summed E-state index contributed by atoms with van der Waals surface area (Å²) in [6.45, 7) is 4.21. The maximum atomic E-state index is 5.18. The summed E-state index contributed by atoms with van der Waals surface area (Å²) in [5, 5.41) is 0. The molecule has 0 spiro atoms. The highest BCUT2D eigenvalue weighted by Gasteiger charge is 1.94. The molecule has 0 nitrogen and oxygen atoms in total. The molecule has 0 radical (unpaired) electrons. The Morgan fingerprint density at radius 2 is 1.83 bits per heavy atom. The van der Waals surface area contributed by atoms with Crippen LogP contribution in [0.1, 0.15) is 11.1 Å². The predicted octanol–water partition coefficient (Wildman–Crippen LogP) is 3.03. The molecule has 1 heteroatoms. The number of hydrogen-bond donors (Lipinski definition) is 0. The van der Waals surface area contributed by atoms with Crippen LogP contribution in [0.4, 0.5) is 0 Å². The molecule has 0 aliphatic heterocycles. The zero-order valence-corrected chi connectivity index (χ0v) is 8.24. The first-order valence-corrected chi connectivity index (χ1v) is 4.85. The summed E-state index contributed by atoms with van der Waals surface area (Å²) < 4.78 is 0. The molecule has 0 saturated heterocycles. The second-order valence-corrected chi connectivity index (χ2v) is 3.86. The second-order valence-electron chi connectivity index (χ2n) is 2.82. The van der Waals surface area contributed by atoms with E-state index in [1.807, 2.05) is 0 Å². The fourth-order valence-electron chi connectivity index (χ4n) is 1.14. The van der Waals surface area contributed by atoms with E-state index in [1.54, 1.807) is 11.8 Å². The topological polar surface area (TPSA) is 0 Å². The molecule has 0 bridgehead atoms. The quantitative estimate of drug-likeness (QED) is 0.493. The summed E-state index contributed by atoms with van der Waals surface area (Å²) in [6, 6.07) is 6.49. The van der Waals surface area contributed by atoms with Crippen LogP contribution in [0, 0.1) is 26.2 Å². The number of thioether (sulfide) groups is 1. The lowest BCUT2D eigenvalue weighted by Crippen LogP contribution is -1.80. The molecule has 1 rings (SSSR count). The van der Waals surface area contributed by atoms with Crippen molar-refractivity contribution in [2.24, 2.45) is 0 Å². The van der Waals surface area contributed by atoms with Gasteiger partial charge in [-0.25, -0.2) is 0 Å². The van der Waals surface area contributed by atoms with Crippen LogP contribution in [0.2, 0.25) is 0 Å². The fraction of sp³-hybridized carbons (Fsp3) is 0.273. The van der Waals surface area contributed by atoms with E-state index in [2.05, 4.69) is 38.0 Å². The van der Waals surface area contributed by atoms with E-state index in [-0.39, 0.29) is 0 Å². The Hall–Kier alpha value is -0.870. The highest BCUT2D eigenvalue weighted by atomic mass is 32.2. The molecule has 62 valence electrons.